The number of hydrogen-bond donors (Lipinski definition) is 0. The molecule has 82 valence electrons. The fourth-order valence-electron chi connectivity index (χ4n) is 0.677. The molecule has 0 aromatic rings. The minimum absolute atomic E-state index is 1.36. The van der Waals surface area contributed by atoms with Gasteiger partial charge < -0.3 is 0 Å². The van der Waals surface area contributed by atoms with Gasteiger partial charge in [0.15, 0.2) is 0 Å². The maximum atomic E-state index is 3.00. The van der Waals surface area contributed by atoms with Gasteiger partial charge in [-0.15, -0.1) is 26.3 Å². The molecule has 0 fully saturated rings. The van der Waals surface area contributed by atoms with Gasteiger partial charge in [0, 0.05) is 0 Å². The van der Waals surface area contributed by atoms with E-state index in [0.29, 0.717) is 0 Å². The number of rotatable bonds is 4. The van der Waals surface area contributed by atoms with Crippen LogP contribution in [0.5, 0.6) is 0 Å². The first-order valence-electron chi connectivity index (χ1n) is 5.41. The number of unbranched alkanes of at least 4 members (excludes halogenated alkanes) is 4. The summed E-state index contributed by atoms with van der Waals surface area (Å²) in [7, 11) is 0. The van der Waals surface area contributed by atoms with Crippen molar-refractivity contribution in [2.24, 2.45) is 0 Å². The summed E-state index contributed by atoms with van der Waals surface area (Å²) < 4.78 is 0. The van der Waals surface area contributed by atoms with Crippen LogP contribution in [0.25, 0.3) is 0 Å². The molecule has 0 atom stereocenters. The third kappa shape index (κ3) is 85.2. The zero-order valence-corrected chi connectivity index (χ0v) is 10.4. The molecule has 0 N–H and O–H groups in total. The number of hydrogen-bond acceptors (Lipinski definition) is 0. The predicted molar refractivity (Wildman–Crippen MR) is 68.3 cm³/mol. The molecule has 0 heteroatoms. The van der Waals surface area contributed by atoms with Crippen LogP contribution in [0.3, 0.4) is 0 Å². The summed E-state index contributed by atoms with van der Waals surface area (Å²) >= 11 is 0. The van der Waals surface area contributed by atoms with E-state index >= 15 is 0 Å². The van der Waals surface area contributed by atoms with Crippen LogP contribution in [0.2, 0.25) is 0 Å². The molecule has 13 heavy (non-hydrogen) atoms. The summed E-state index contributed by atoms with van der Waals surface area (Å²) in [5, 5.41) is 0. The standard InChI is InChI=1S/C7H16.C2H6.2C2H4/c1-3-5-7-6-4-2;3*1-2/h3-7H2,1-2H3;1-2H3;2*1-2H2. The van der Waals surface area contributed by atoms with Crippen molar-refractivity contribution >= 4 is 0 Å². The highest BCUT2D eigenvalue weighted by molar-refractivity contribution is 4.35. The average molecular weight is 186 g/mol. The Hall–Kier alpha value is -0.520. The molecule has 0 aliphatic rings. The van der Waals surface area contributed by atoms with Gasteiger partial charge >= 0.3 is 0 Å². The van der Waals surface area contributed by atoms with Gasteiger partial charge in [-0.25, -0.2) is 0 Å². The quantitative estimate of drug-likeness (QED) is 0.395. The van der Waals surface area contributed by atoms with Crippen LogP contribution in [0.1, 0.15) is 59.8 Å². The molecule has 0 saturated carbocycles. The summed E-state index contributed by atoms with van der Waals surface area (Å²) in [6.07, 6.45) is 7.01. The van der Waals surface area contributed by atoms with Gasteiger partial charge in [-0.2, -0.15) is 0 Å². The van der Waals surface area contributed by atoms with Crippen LogP contribution >= 0.6 is 0 Å². The lowest BCUT2D eigenvalue weighted by atomic mass is 10.2. The van der Waals surface area contributed by atoms with Crippen molar-refractivity contribution in [1.29, 1.82) is 0 Å². The molecule has 0 heterocycles. The van der Waals surface area contributed by atoms with Crippen molar-refractivity contribution in [2.45, 2.75) is 59.8 Å². The molecule has 0 spiro atoms. The van der Waals surface area contributed by atoms with Crippen LogP contribution in [0, 0.1) is 0 Å². The molecule has 0 nitrogen and oxygen atoms in total. The van der Waals surface area contributed by atoms with Gasteiger partial charge in [0.05, 0.1) is 0 Å². The van der Waals surface area contributed by atoms with Gasteiger partial charge in [-0.1, -0.05) is 59.8 Å². The van der Waals surface area contributed by atoms with Crippen LogP contribution in [-0.4, -0.2) is 0 Å². The van der Waals surface area contributed by atoms with Crippen LogP contribution < -0.4 is 0 Å². The van der Waals surface area contributed by atoms with Gasteiger partial charge in [0.2, 0.25) is 0 Å². The Morgan fingerprint density at radius 3 is 1.00 bits per heavy atom. The smallest absolute Gasteiger partial charge is 0.0533 e. The van der Waals surface area contributed by atoms with Crippen molar-refractivity contribution in [3.8, 4) is 0 Å². The van der Waals surface area contributed by atoms with Crippen molar-refractivity contribution < 1.29 is 0 Å². The lowest BCUT2D eigenvalue weighted by molar-refractivity contribution is 0.656. The Labute approximate surface area is 86.8 Å². The van der Waals surface area contributed by atoms with Crippen molar-refractivity contribution in [3.63, 3.8) is 0 Å². The monoisotopic (exact) mass is 186 g/mol. The van der Waals surface area contributed by atoms with E-state index in [1.807, 2.05) is 13.8 Å². The fourth-order valence-corrected chi connectivity index (χ4v) is 0.677. The predicted octanol–water partition coefficient (Wildman–Crippen LogP) is 5.61. The molecule has 0 unspecified atom stereocenters. The molecular weight excluding hydrogens is 156 g/mol. The second-order valence-corrected chi connectivity index (χ2v) is 2.06. The largest absolute Gasteiger partial charge is 0.106 e. The van der Waals surface area contributed by atoms with Gasteiger partial charge in [-0.05, 0) is 0 Å². The van der Waals surface area contributed by atoms with Gasteiger partial charge in [0.1, 0.15) is 0 Å². The van der Waals surface area contributed by atoms with E-state index in [1.54, 1.807) is 0 Å². The minimum Gasteiger partial charge on any atom is -0.106 e. The lowest BCUT2D eigenvalue weighted by Gasteiger charge is -1.90. The molecule has 0 aromatic heterocycles. The highest BCUT2D eigenvalue weighted by Crippen LogP contribution is 2.00. The first-order valence-corrected chi connectivity index (χ1v) is 5.41. The normalized spacial score (nSPS) is 6.15. The molecule has 0 rings (SSSR count). The van der Waals surface area contributed by atoms with E-state index in [1.165, 1.54) is 32.1 Å². The fraction of sp³-hybridized carbons (Fsp3) is 0.692. The molecule has 0 saturated heterocycles. The van der Waals surface area contributed by atoms with Crippen LogP contribution in [0.15, 0.2) is 26.3 Å². The van der Waals surface area contributed by atoms with E-state index in [9.17, 15) is 0 Å². The Morgan fingerprint density at radius 2 is 0.846 bits per heavy atom. The summed E-state index contributed by atoms with van der Waals surface area (Å²) in [6, 6.07) is 0. The van der Waals surface area contributed by atoms with Crippen molar-refractivity contribution in [3.05, 3.63) is 26.3 Å². The molecule has 0 aromatic carbocycles. The topological polar surface area (TPSA) is 0 Å². The Bertz CT molecular complexity index is 33.3. The summed E-state index contributed by atoms with van der Waals surface area (Å²) in [5.41, 5.74) is 0. The average Bonchev–Trinajstić information content (AvgIpc) is 2.27. The van der Waals surface area contributed by atoms with E-state index in [2.05, 4.69) is 40.2 Å². The highest BCUT2D eigenvalue weighted by atomic mass is 13.9. The third-order valence-electron chi connectivity index (χ3n) is 1.21. The minimum atomic E-state index is 1.36. The van der Waals surface area contributed by atoms with E-state index < -0.39 is 0 Å². The molecule has 0 bridgehead atoms. The molecule has 0 aliphatic heterocycles. The first kappa shape index (κ1) is 22.9. The summed E-state index contributed by atoms with van der Waals surface area (Å²) in [6.45, 7) is 20.5. The Kier molecular flexibility index (Phi) is 111. The molecular formula is C13H30. The van der Waals surface area contributed by atoms with Gasteiger partial charge in [-0.3, -0.25) is 0 Å². The molecule has 0 aliphatic carbocycles. The maximum Gasteiger partial charge on any atom is -0.0533 e. The SMILES string of the molecule is C=C.C=C.CC.CCCCCCC. The van der Waals surface area contributed by atoms with E-state index in [4.69, 9.17) is 0 Å². The second-order valence-electron chi connectivity index (χ2n) is 2.06. The van der Waals surface area contributed by atoms with Crippen molar-refractivity contribution in [1.82, 2.24) is 0 Å². The highest BCUT2D eigenvalue weighted by Gasteiger charge is 1.80. The van der Waals surface area contributed by atoms with Gasteiger partial charge in [0.25, 0.3) is 0 Å². The zero-order chi connectivity index (χ0) is 11.5. The summed E-state index contributed by atoms with van der Waals surface area (Å²) in [4.78, 5) is 0. The Balaban J connectivity index is -0.0000000573. The van der Waals surface area contributed by atoms with E-state index in [-0.39, 0.29) is 0 Å². The van der Waals surface area contributed by atoms with Crippen molar-refractivity contribution in [2.75, 3.05) is 0 Å². The second kappa shape index (κ2) is 62.8. The maximum absolute atomic E-state index is 3.00. The van der Waals surface area contributed by atoms with E-state index in [0.717, 1.165) is 0 Å². The Morgan fingerprint density at radius 1 is 0.615 bits per heavy atom. The zero-order valence-electron chi connectivity index (χ0n) is 10.4. The lowest BCUT2D eigenvalue weighted by Crippen LogP contribution is -1.70. The third-order valence-corrected chi connectivity index (χ3v) is 1.21. The molecule has 0 radical (unpaired) electrons. The molecule has 0 amide bonds. The van der Waals surface area contributed by atoms with Crippen LogP contribution in [-0.2, 0) is 0 Å². The first-order chi connectivity index (χ1) is 6.41. The van der Waals surface area contributed by atoms with Crippen LogP contribution in [0.4, 0.5) is 0 Å². The summed E-state index contributed by atoms with van der Waals surface area (Å²) in [5.74, 6) is 0.